The molecule has 0 bridgehead atoms. The lowest BCUT2D eigenvalue weighted by atomic mass is 9.92. The first-order valence-electron chi connectivity index (χ1n) is 10.4. The summed E-state index contributed by atoms with van der Waals surface area (Å²) in [5, 5.41) is 6.06. The number of halogens is 1. The second-order valence-corrected chi connectivity index (χ2v) is 9.39. The van der Waals surface area contributed by atoms with Gasteiger partial charge < -0.3 is 14.8 Å². The topological polar surface area (TPSA) is 54.3 Å². The van der Waals surface area contributed by atoms with E-state index in [0.29, 0.717) is 18.8 Å². The monoisotopic (exact) mass is 425 g/mol. The Labute approximate surface area is 178 Å². The normalized spacial score (nSPS) is 21.9. The van der Waals surface area contributed by atoms with Crippen molar-refractivity contribution < 1.29 is 14.0 Å². The van der Waals surface area contributed by atoms with Gasteiger partial charge >= 0.3 is 0 Å². The predicted molar refractivity (Wildman–Crippen MR) is 115 cm³/mol. The van der Waals surface area contributed by atoms with E-state index in [0.717, 1.165) is 41.5 Å². The average Bonchev–Trinajstić information content (AvgIpc) is 3.46. The van der Waals surface area contributed by atoms with Crippen LogP contribution < -0.4 is 5.32 Å². The lowest BCUT2D eigenvalue weighted by Gasteiger charge is -2.47. The molecule has 1 aromatic carbocycles. The molecule has 2 aliphatic rings. The van der Waals surface area contributed by atoms with Crippen LogP contribution in [0.5, 0.6) is 0 Å². The van der Waals surface area contributed by atoms with Crippen molar-refractivity contribution in [3.05, 3.63) is 58.9 Å². The van der Waals surface area contributed by atoms with Gasteiger partial charge in [0.15, 0.2) is 0 Å². The molecule has 5 nitrogen and oxygen atoms in total. The van der Waals surface area contributed by atoms with Crippen molar-refractivity contribution in [2.24, 2.45) is 0 Å². The lowest BCUT2D eigenvalue weighted by Crippen LogP contribution is -2.66. The number of benzene rings is 1. The molecule has 1 saturated carbocycles. The van der Waals surface area contributed by atoms with Crippen LogP contribution in [-0.2, 0) is 17.9 Å². The molecule has 7 heteroatoms. The van der Waals surface area contributed by atoms with Gasteiger partial charge in [0.25, 0.3) is 5.91 Å². The zero-order valence-electron chi connectivity index (χ0n) is 16.9. The number of rotatable bonds is 4. The molecule has 1 atom stereocenters. The number of carbonyl (C=O) groups is 2. The Kier molecular flexibility index (Phi) is 4.65. The van der Waals surface area contributed by atoms with E-state index >= 15 is 0 Å². The molecule has 3 aromatic rings. The third-order valence-electron chi connectivity index (χ3n) is 6.48. The van der Waals surface area contributed by atoms with E-state index in [-0.39, 0.29) is 23.7 Å². The van der Waals surface area contributed by atoms with Crippen LogP contribution in [0, 0.1) is 5.82 Å². The first kappa shape index (κ1) is 19.3. The zero-order valence-corrected chi connectivity index (χ0v) is 17.7. The van der Waals surface area contributed by atoms with E-state index in [1.54, 1.807) is 23.5 Å². The Morgan fingerprint density at radius 1 is 1.23 bits per heavy atom. The van der Waals surface area contributed by atoms with Gasteiger partial charge in [-0.15, -0.1) is 11.3 Å². The number of aromatic nitrogens is 1. The summed E-state index contributed by atoms with van der Waals surface area (Å²) in [5.74, 6) is -0.533. The summed E-state index contributed by atoms with van der Waals surface area (Å²) < 4.78 is 15.2. The van der Waals surface area contributed by atoms with Crippen molar-refractivity contribution in [1.29, 1.82) is 0 Å². The van der Waals surface area contributed by atoms with Crippen LogP contribution in [0.15, 0.2) is 41.8 Å². The Balaban J connectivity index is 1.49. The number of nitrogens with zero attached hydrogens (tertiary/aromatic N) is 2. The van der Waals surface area contributed by atoms with E-state index in [1.165, 1.54) is 12.1 Å². The van der Waals surface area contributed by atoms with E-state index in [9.17, 15) is 14.0 Å². The highest BCUT2D eigenvalue weighted by molar-refractivity contribution is 7.16. The molecule has 2 amide bonds. The van der Waals surface area contributed by atoms with Crippen LogP contribution in [0.25, 0.3) is 10.2 Å². The van der Waals surface area contributed by atoms with Crippen LogP contribution in [-0.4, -0.2) is 32.9 Å². The maximum Gasteiger partial charge on any atom is 0.271 e. The molecule has 1 unspecified atom stereocenters. The van der Waals surface area contributed by atoms with Crippen LogP contribution in [0.4, 0.5) is 4.39 Å². The SMILES string of the molecule is CC1(C(=O)NCc2ccc(F)cc2)Cn2c(cc3ccsc32)C(=O)N1C1CCCC1. The molecule has 0 saturated heterocycles. The summed E-state index contributed by atoms with van der Waals surface area (Å²) in [7, 11) is 0. The van der Waals surface area contributed by atoms with Crippen LogP contribution >= 0.6 is 11.3 Å². The molecular weight excluding hydrogens is 401 g/mol. The van der Waals surface area contributed by atoms with Crippen LogP contribution in [0.3, 0.4) is 0 Å². The highest BCUT2D eigenvalue weighted by Crippen LogP contribution is 2.38. The third kappa shape index (κ3) is 3.03. The molecule has 1 N–H and O–H groups in total. The molecule has 5 rings (SSSR count). The molecule has 1 aliphatic heterocycles. The van der Waals surface area contributed by atoms with E-state index in [4.69, 9.17) is 0 Å². The van der Waals surface area contributed by atoms with Crippen molar-refractivity contribution in [2.75, 3.05) is 0 Å². The standard InChI is InChI=1S/C23H24FN3O2S/c1-23(22(29)25-13-15-6-8-17(24)9-7-15)14-26-19(12-16-10-11-30-21(16)26)20(28)27(23)18-4-2-3-5-18/h6-12,18H,2-5,13-14H2,1H3,(H,25,29). The van der Waals surface area contributed by atoms with E-state index < -0.39 is 5.54 Å². The average molecular weight is 426 g/mol. The van der Waals surface area contributed by atoms with Gasteiger partial charge in [0.05, 0.1) is 6.54 Å². The Morgan fingerprint density at radius 2 is 1.97 bits per heavy atom. The highest BCUT2D eigenvalue weighted by atomic mass is 32.1. The van der Waals surface area contributed by atoms with Crippen LogP contribution in [0.1, 0.15) is 48.7 Å². The molecule has 30 heavy (non-hydrogen) atoms. The molecule has 2 aromatic heterocycles. The summed E-state index contributed by atoms with van der Waals surface area (Å²) in [6.45, 7) is 2.61. The van der Waals surface area contributed by atoms with Gasteiger partial charge in [-0.3, -0.25) is 9.59 Å². The van der Waals surface area contributed by atoms with Crippen molar-refractivity contribution in [1.82, 2.24) is 14.8 Å². The summed E-state index contributed by atoms with van der Waals surface area (Å²) in [6, 6.07) is 10.2. The number of nitrogens with one attached hydrogen (secondary N) is 1. The van der Waals surface area contributed by atoms with Gasteiger partial charge in [0, 0.05) is 18.0 Å². The Morgan fingerprint density at radius 3 is 2.70 bits per heavy atom. The number of amides is 2. The van der Waals surface area contributed by atoms with Crippen molar-refractivity contribution >= 4 is 33.4 Å². The van der Waals surface area contributed by atoms with E-state index in [1.807, 2.05) is 33.9 Å². The fourth-order valence-corrected chi connectivity index (χ4v) is 5.82. The van der Waals surface area contributed by atoms with Crippen molar-refractivity contribution in [2.45, 2.75) is 57.3 Å². The van der Waals surface area contributed by atoms with Gasteiger partial charge in [-0.25, -0.2) is 4.39 Å². The zero-order chi connectivity index (χ0) is 20.9. The number of hydrogen-bond acceptors (Lipinski definition) is 3. The predicted octanol–water partition coefficient (Wildman–Crippen LogP) is 4.32. The Hall–Kier alpha value is -2.67. The first-order valence-corrected chi connectivity index (χ1v) is 11.3. The number of fused-ring (bicyclic) bond motifs is 3. The molecule has 3 heterocycles. The van der Waals surface area contributed by atoms with Gasteiger partial charge in [0.1, 0.15) is 21.9 Å². The smallest absolute Gasteiger partial charge is 0.271 e. The highest BCUT2D eigenvalue weighted by Gasteiger charge is 2.50. The number of thiophene rings is 1. The quantitative estimate of drug-likeness (QED) is 0.677. The summed E-state index contributed by atoms with van der Waals surface area (Å²) in [4.78, 5) is 30.0. The first-order chi connectivity index (χ1) is 14.5. The molecular formula is C23H24FN3O2S. The maximum absolute atomic E-state index is 13.6. The molecule has 0 radical (unpaired) electrons. The largest absolute Gasteiger partial charge is 0.350 e. The van der Waals surface area contributed by atoms with Gasteiger partial charge in [0.2, 0.25) is 5.91 Å². The minimum atomic E-state index is -0.977. The van der Waals surface area contributed by atoms with Gasteiger partial charge in [-0.1, -0.05) is 25.0 Å². The minimum Gasteiger partial charge on any atom is -0.350 e. The molecule has 1 aliphatic carbocycles. The lowest BCUT2D eigenvalue weighted by molar-refractivity contribution is -0.134. The second kappa shape index (κ2) is 7.23. The van der Waals surface area contributed by atoms with Crippen molar-refractivity contribution in [3.8, 4) is 0 Å². The van der Waals surface area contributed by atoms with Crippen LogP contribution in [0.2, 0.25) is 0 Å². The third-order valence-corrected chi connectivity index (χ3v) is 7.43. The summed E-state index contributed by atoms with van der Waals surface area (Å²) >= 11 is 1.59. The van der Waals surface area contributed by atoms with Gasteiger partial charge in [-0.05, 0) is 55.0 Å². The maximum atomic E-state index is 13.6. The molecule has 0 spiro atoms. The fourth-order valence-electron chi connectivity index (χ4n) is 4.93. The van der Waals surface area contributed by atoms with Gasteiger partial charge in [-0.2, -0.15) is 0 Å². The van der Waals surface area contributed by atoms with E-state index in [2.05, 4.69) is 5.32 Å². The summed E-state index contributed by atoms with van der Waals surface area (Å²) in [5.41, 5.74) is 0.521. The molecule has 156 valence electrons. The number of hydrogen-bond donors (Lipinski definition) is 1. The second-order valence-electron chi connectivity index (χ2n) is 8.49. The fraction of sp³-hybridized carbons (Fsp3) is 0.391. The van der Waals surface area contributed by atoms with Crippen molar-refractivity contribution in [3.63, 3.8) is 0 Å². The minimum absolute atomic E-state index is 0.0593. The number of carbonyl (C=O) groups excluding carboxylic acids is 2. The summed E-state index contributed by atoms with van der Waals surface area (Å²) in [6.07, 6.45) is 4.03. The molecule has 1 fully saturated rings. The Bertz CT molecular complexity index is 1110.